The zero-order valence-electron chi connectivity index (χ0n) is 13.1. The van der Waals surface area contributed by atoms with E-state index in [4.69, 9.17) is 0 Å². The molecule has 1 aliphatic carbocycles. The molecule has 0 spiro atoms. The monoisotopic (exact) mass is 295 g/mol. The van der Waals surface area contributed by atoms with Crippen molar-refractivity contribution in [1.29, 1.82) is 0 Å². The Hall–Kier alpha value is -0.870. The Kier molecular flexibility index (Phi) is 4.26. The van der Waals surface area contributed by atoms with Crippen molar-refractivity contribution in [2.45, 2.75) is 64.8 Å². The first kappa shape index (κ1) is 15.5. The fourth-order valence-corrected chi connectivity index (χ4v) is 5.08. The lowest BCUT2D eigenvalue weighted by Crippen LogP contribution is -2.34. The van der Waals surface area contributed by atoms with E-state index in [0.29, 0.717) is 10.8 Å². The first-order valence-corrected chi connectivity index (χ1v) is 8.80. The topological polar surface area (TPSA) is 46.2 Å². The van der Waals surface area contributed by atoms with E-state index < -0.39 is 10.0 Å². The van der Waals surface area contributed by atoms with Gasteiger partial charge in [-0.1, -0.05) is 13.0 Å². The predicted molar refractivity (Wildman–Crippen MR) is 82.5 cm³/mol. The first-order valence-electron chi connectivity index (χ1n) is 7.32. The van der Waals surface area contributed by atoms with Gasteiger partial charge in [0, 0.05) is 6.04 Å². The van der Waals surface area contributed by atoms with E-state index in [1.807, 2.05) is 27.7 Å². The lowest BCUT2D eigenvalue weighted by atomic mass is 10.0. The van der Waals surface area contributed by atoms with Gasteiger partial charge in [0.15, 0.2) is 0 Å². The highest BCUT2D eigenvalue weighted by Crippen LogP contribution is 2.29. The van der Waals surface area contributed by atoms with Gasteiger partial charge >= 0.3 is 0 Å². The Morgan fingerprint density at radius 2 is 1.60 bits per heavy atom. The second-order valence-corrected chi connectivity index (χ2v) is 7.98. The Bertz CT molecular complexity index is 594. The maximum atomic E-state index is 12.7. The van der Waals surface area contributed by atoms with Gasteiger partial charge in [-0.3, -0.25) is 0 Å². The molecule has 1 aliphatic rings. The van der Waals surface area contributed by atoms with Crippen LogP contribution < -0.4 is 4.72 Å². The fraction of sp³-hybridized carbons (Fsp3) is 0.625. The third kappa shape index (κ3) is 2.91. The molecular formula is C16H25NO2S. The molecule has 20 heavy (non-hydrogen) atoms. The van der Waals surface area contributed by atoms with Crippen LogP contribution in [0.15, 0.2) is 11.0 Å². The molecule has 1 aromatic carbocycles. The molecule has 0 amide bonds. The molecule has 2 unspecified atom stereocenters. The molecule has 2 atom stereocenters. The average molecular weight is 295 g/mol. The predicted octanol–water partition coefficient (Wildman–Crippen LogP) is 3.39. The summed E-state index contributed by atoms with van der Waals surface area (Å²) in [6, 6.07) is 2.15. The van der Waals surface area contributed by atoms with Crippen LogP contribution in [0.4, 0.5) is 0 Å². The number of rotatable bonds is 3. The van der Waals surface area contributed by atoms with Crippen LogP contribution in [0.2, 0.25) is 0 Å². The molecule has 4 heteroatoms. The van der Waals surface area contributed by atoms with Gasteiger partial charge in [-0.05, 0) is 75.1 Å². The minimum Gasteiger partial charge on any atom is -0.208 e. The lowest BCUT2D eigenvalue weighted by Gasteiger charge is -2.19. The van der Waals surface area contributed by atoms with Crippen molar-refractivity contribution in [2.75, 3.05) is 0 Å². The Labute approximate surface area is 122 Å². The number of hydrogen-bond acceptors (Lipinski definition) is 2. The third-order valence-corrected chi connectivity index (χ3v) is 6.38. The van der Waals surface area contributed by atoms with E-state index in [0.717, 1.165) is 41.5 Å². The summed E-state index contributed by atoms with van der Waals surface area (Å²) in [7, 11) is -3.42. The summed E-state index contributed by atoms with van der Waals surface area (Å²) in [4.78, 5) is 0.481. The van der Waals surface area contributed by atoms with Gasteiger partial charge < -0.3 is 0 Å². The smallest absolute Gasteiger partial charge is 0.208 e. The maximum absolute atomic E-state index is 12.7. The summed E-state index contributed by atoms with van der Waals surface area (Å²) in [5, 5.41) is 0. The van der Waals surface area contributed by atoms with E-state index >= 15 is 0 Å². The zero-order valence-corrected chi connectivity index (χ0v) is 13.9. The molecule has 0 radical (unpaired) electrons. The van der Waals surface area contributed by atoms with Crippen LogP contribution in [0.3, 0.4) is 0 Å². The number of aryl methyl sites for hydroxylation is 2. The van der Waals surface area contributed by atoms with Gasteiger partial charge in [0.1, 0.15) is 0 Å². The van der Waals surface area contributed by atoms with Crippen LogP contribution in [0.5, 0.6) is 0 Å². The summed E-state index contributed by atoms with van der Waals surface area (Å²) < 4.78 is 28.4. The molecule has 0 aliphatic heterocycles. The Balaban J connectivity index is 2.39. The highest BCUT2D eigenvalue weighted by molar-refractivity contribution is 7.89. The largest absolute Gasteiger partial charge is 0.241 e. The average Bonchev–Trinajstić information content (AvgIpc) is 2.71. The van der Waals surface area contributed by atoms with Gasteiger partial charge in [0.25, 0.3) is 0 Å². The van der Waals surface area contributed by atoms with Gasteiger partial charge in [-0.2, -0.15) is 0 Å². The molecule has 0 heterocycles. The van der Waals surface area contributed by atoms with Crippen LogP contribution in [0, 0.1) is 33.6 Å². The zero-order chi connectivity index (χ0) is 15.1. The number of hydrogen-bond donors (Lipinski definition) is 1. The summed E-state index contributed by atoms with van der Waals surface area (Å²) in [5.41, 5.74) is 3.81. The fourth-order valence-electron chi connectivity index (χ4n) is 3.18. The van der Waals surface area contributed by atoms with Crippen LogP contribution >= 0.6 is 0 Å². The highest BCUT2D eigenvalue weighted by Gasteiger charge is 2.29. The molecule has 0 bridgehead atoms. The molecule has 1 saturated carbocycles. The second-order valence-electron chi connectivity index (χ2n) is 6.33. The molecule has 112 valence electrons. The molecule has 1 aromatic rings. The van der Waals surface area contributed by atoms with Crippen molar-refractivity contribution >= 4 is 10.0 Å². The van der Waals surface area contributed by atoms with Crippen molar-refractivity contribution in [3.8, 4) is 0 Å². The molecule has 1 fully saturated rings. The third-order valence-electron chi connectivity index (χ3n) is 4.58. The van der Waals surface area contributed by atoms with Gasteiger partial charge in [-0.25, -0.2) is 13.1 Å². The highest BCUT2D eigenvalue weighted by atomic mass is 32.2. The van der Waals surface area contributed by atoms with E-state index in [1.165, 1.54) is 0 Å². The van der Waals surface area contributed by atoms with E-state index in [9.17, 15) is 8.42 Å². The molecule has 0 saturated heterocycles. The summed E-state index contributed by atoms with van der Waals surface area (Å²) in [6.45, 7) is 9.92. The lowest BCUT2D eigenvalue weighted by molar-refractivity contribution is 0.537. The normalized spacial score (nSPS) is 23.2. The number of sulfonamides is 1. The van der Waals surface area contributed by atoms with Crippen molar-refractivity contribution in [1.82, 2.24) is 4.72 Å². The van der Waals surface area contributed by atoms with Crippen molar-refractivity contribution in [3.05, 3.63) is 28.3 Å². The Morgan fingerprint density at radius 3 is 2.05 bits per heavy atom. The van der Waals surface area contributed by atoms with Crippen molar-refractivity contribution in [3.63, 3.8) is 0 Å². The maximum Gasteiger partial charge on any atom is 0.241 e. The van der Waals surface area contributed by atoms with Gasteiger partial charge in [-0.15, -0.1) is 0 Å². The minimum atomic E-state index is -3.42. The standard InChI is InChI=1S/C16H25NO2S/c1-10-6-7-15(8-10)17-20(18,19)16-13(4)11(2)9-12(3)14(16)5/h9-10,15,17H,6-8H2,1-5H3. The minimum absolute atomic E-state index is 0.0922. The van der Waals surface area contributed by atoms with E-state index in [2.05, 4.69) is 17.7 Å². The van der Waals surface area contributed by atoms with Crippen LogP contribution in [0.1, 0.15) is 48.4 Å². The quantitative estimate of drug-likeness (QED) is 0.929. The van der Waals surface area contributed by atoms with Gasteiger partial charge in [0.05, 0.1) is 4.90 Å². The molecule has 3 nitrogen and oxygen atoms in total. The molecule has 0 aromatic heterocycles. The molecule has 1 N–H and O–H groups in total. The SMILES string of the molecule is Cc1cc(C)c(C)c(S(=O)(=O)NC2CCC(C)C2)c1C. The van der Waals surface area contributed by atoms with Crippen LogP contribution in [0.25, 0.3) is 0 Å². The van der Waals surface area contributed by atoms with Crippen molar-refractivity contribution in [2.24, 2.45) is 5.92 Å². The van der Waals surface area contributed by atoms with Crippen LogP contribution in [-0.2, 0) is 10.0 Å². The number of nitrogens with one attached hydrogen (secondary N) is 1. The Morgan fingerprint density at radius 1 is 1.05 bits per heavy atom. The number of benzene rings is 1. The molecule has 2 rings (SSSR count). The van der Waals surface area contributed by atoms with Crippen molar-refractivity contribution < 1.29 is 8.42 Å². The summed E-state index contributed by atoms with van der Waals surface area (Å²) >= 11 is 0. The summed E-state index contributed by atoms with van der Waals surface area (Å²) in [5.74, 6) is 0.615. The summed E-state index contributed by atoms with van der Waals surface area (Å²) in [6.07, 6.45) is 3.00. The second kappa shape index (κ2) is 5.49. The first-order chi connectivity index (χ1) is 9.22. The van der Waals surface area contributed by atoms with Gasteiger partial charge in [0.2, 0.25) is 10.0 Å². The van der Waals surface area contributed by atoms with E-state index in [1.54, 1.807) is 0 Å². The van der Waals surface area contributed by atoms with E-state index in [-0.39, 0.29) is 6.04 Å². The molecular weight excluding hydrogens is 270 g/mol. The van der Waals surface area contributed by atoms with Crippen LogP contribution in [-0.4, -0.2) is 14.5 Å².